The van der Waals surface area contributed by atoms with E-state index in [4.69, 9.17) is 14.2 Å². The monoisotopic (exact) mass is 412 g/mol. The summed E-state index contributed by atoms with van der Waals surface area (Å²) in [6.45, 7) is 2.06. The van der Waals surface area contributed by atoms with Gasteiger partial charge >= 0.3 is 5.97 Å². The van der Waals surface area contributed by atoms with Gasteiger partial charge in [0.1, 0.15) is 16.5 Å². The highest BCUT2D eigenvalue weighted by Crippen LogP contribution is 2.26. The lowest BCUT2D eigenvalue weighted by atomic mass is 10.2. The molecule has 2 aromatic carbocycles. The maximum atomic E-state index is 12.2. The first-order valence-corrected chi connectivity index (χ1v) is 9.76. The molecule has 0 aliphatic rings. The van der Waals surface area contributed by atoms with E-state index in [9.17, 15) is 9.59 Å². The number of anilines is 1. The molecule has 150 valence electrons. The Labute approximate surface area is 172 Å². The maximum absolute atomic E-state index is 12.2. The van der Waals surface area contributed by atoms with E-state index in [0.29, 0.717) is 23.1 Å². The molecule has 0 aliphatic heterocycles. The third kappa shape index (κ3) is 5.55. The molecule has 1 heterocycles. The topological polar surface area (TPSA) is 86.8 Å². The summed E-state index contributed by atoms with van der Waals surface area (Å²) in [5.74, 6) is 0.368. The lowest BCUT2D eigenvalue weighted by Crippen LogP contribution is -2.21. The zero-order valence-corrected chi connectivity index (χ0v) is 16.8. The maximum Gasteiger partial charge on any atom is 0.358 e. The van der Waals surface area contributed by atoms with Crippen molar-refractivity contribution >= 4 is 28.9 Å². The van der Waals surface area contributed by atoms with Crippen LogP contribution in [-0.4, -0.2) is 37.2 Å². The van der Waals surface area contributed by atoms with Crippen LogP contribution in [0.15, 0.2) is 53.9 Å². The molecule has 0 atom stereocenters. The molecule has 3 rings (SSSR count). The fourth-order valence-corrected chi connectivity index (χ4v) is 3.23. The van der Waals surface area contributed by atoms with Crippen LogP contribution in [0.4, 0.5) is 5.69 Å². The minimum Gasteiger partial charge on any atom is -0.497 e. The summed E-state index contributed by atoms with van der Waals surface area (Å²) in [5.41, 5.74) is 1.61. The fourth-order valence-electron chi connectivity index (χ4n) is 2.44. The Morgan fingerprint density at radius 3 is 2.38 bits per heavy atom. The van der Waals surface area contributed by atoms with Crippen molar-refractivity contribution in [2.45, 2.75) is 6.92 Å². The fraction of sp³-hybridized carbons (Fsp3) is 0.190. The van der Waals surface area contributed by atoms with E-state index in [0.717, 1.165) is 11.3 Å². The molecule has 7 nitrogen and oxygen atoms in total. The molecule has 0 saturated heterocycles. The molecular weight excluding hydrogens is 392 g/mol. The Kier molecular flexibility index (Phi) is 6.80. The number of carbonyl (C=O) groups excluding carboxylic acids is 2. The molecule has 0 radical (unpaired) electrons. The first-order chi connectivity index (χ1) is 14.1. The van der Waals surface area contributed by atoms with E-state index in [1.807, 2.05) is 31.2 Å². The number of rotatable bonds is 8. The Balaban J connectivity index is 1.52. The second kappa shape index (κ2) is 9.70. The molecule has 1 aromatic heterocycles. The van der Waals surface area contributed by atoms with Gasteiger partial charge < -0.3 is 19.5 Å². The van der Waals surface area contributed by atoms with Gasteiger partial charge in [-0.1, -0.05) is 0 Å². The van der Waals surface area contributed by atoms with Gasteiger partial charge in [-0.05, 0) is 55.5 Å². The summed E-state index contributed by atoms with van der Waals surface area (Å²) in [7, 11) is 1.60. The second-order valence-corrected chi connectivity index (χ2v) is 6.71. The van der Waals surface area contributed by atoms with Crippen molar-refractivity contribution in [1.82, 2.24) is 4.98 Å². The van der Waals surface area contributed by atoms with Gasteiger partial charge in [0.05, 0.1) is 13.7 Å². The van der Waals surface area contributed by atoms with Gasteiger partial charge in [-0.3, -0.25) is 4.79 Å². The Bertz CT molecular complexity index is 967. The quantitative estimate of drug-likeness (QED) is 0.563. The van der Waals surface area contributed by atoms with Crippen LogP contribution in [0.5, 0.6) is 11.5 Å². The highest BCUT2D eigenvalue weighted by atomic mass is 32.1. The summed E-state index contributed by atoms with van der Waals surface area (Å²) >= 11 is 1.32. The summed E-state index contributed by atoms with van der Waals surface area (Å²) in [4.78, 5) is 28.4. The number of hydrogen-bond acceptors (Lipinski definition) is 7. The van der Waals surface area contributed by atoms with Gasteiger partial charge in [-0.25, -0.2) is 9.78 Å². The minimum absolute atomic E-state index is 0.162. The third-order valence-corrected chi connectivity index (χ3v) is 4.73. The second-order valence-electron chi connectivity index (χ2n) is 5.85. The molecule has 0 fully saturated rings. The van der Waals surface area contributed by atoms with Crippen molar-refractivity contribution < 1.29 is 23.8 Å². The van der Waals surface area contributed by atoms with Gasteiger partial charge in [0, 0.05) is 16.6 Å². The van der Waals surface area contributed by atoms with Crippen molar-refractivity contribution in [1.29, 1.82) is 0 Å². The van der Waals surface area contributed by atoms with E-state index in [-0.39, 0.29) is 5.69 Å². The summed E-state index contributed by atoms with van der Waals surface area (Å²) < 4.78 is 15.5. The van der Waals surface area contributed by atoms with E-state index in [1.54, 1.807) is 36.8 Å². The van der Waals surface area contributed by atoms with Gasteiger partial charge in [0.25, 0.3) is 5.91 Å². The molecule has 8 heteroatoms. The molecule has 3 aromatic rings. The number of nitrogens with zero attached hydrogens (tertiary/aromatic N) is 1. The van der Waals surface area contributed by atoms with Crippen LogP contribution in [0.1, 0.15) is 17.4 Å². The van der Waals surface area contributed by atoms with Gasteiger partial charge in [0.15, 0.2) is 12.3 Å². The van der Waals surface area contributed by atoms with Crippen molar-refractivity contribution in [2.24, 2.45) is 0 Å². The van der Waals surface area contributed by atoms with Crippen LogP contribution in [0, 0.1) is 0 Å². The number of methoxy groups -OCH3 is 1. The minimum atomic E-state index is -0.650. The largest absolute Gasteiger partial charge is 0.497 e. The highest BCUT2D eigenvalue weighted by Gasteiger charge is 2.15. The highest BCUT2D eigenvalue weighted by molar-refractivity contribution is 7.13. The number of carbonyl (C=O) groups is 2. The van der Waals surface area contributed by atoms with Crippen LogP contribution >= 0.6 is 11.3 Å². The molecular formula is C21H20N2O5S. The molecule has 29 heavy (non-hydrogen) atoms. The Hall–Kier alpha value is -3.39. The van der Waals surface area contributed by atoms with Gasteiger partial charge in [-0.15, -0.1) is 11.3 Å². The van der Waals surface area contributed by atoms with Crippen LogP contribution in [0.2, 0.25) is 0 Å². The standard InChI is InChI=1S/C21H20N2O5S/c1-3-27-17-10-6-15(7-11-17)22-19(24)12-28-21(25)18-13-29-20(23-18)14-4-8-16(26-2)9-5-14/h4-11,13H,3,12H2,1-2H3,(H,22,24). The lowest BCUT2D eigenvalue weighted by Gasteiger charge is -2.07. The van der Waals surface area contributed by atoms with Crippen molar-refractivity contribution in [3.8, 4) is 22.1 Å². The van der Waals surface area contributed by atoms with Crippen LogP contribution in [0.25, 0.3) is 10.6 Å². The number of nitrogens with one attached hydrogen (secondary N) is 1. The number of esters is 1. The van der Waals surface area contributed by atoms with Gasteiger partial charge in [0.2, 0.25) is 0 Å². The van der Waals surface area contributed by atoms with Crippen LogP contribution < -0.4 is 14.8 Å². The number of thiazole rings is 1. The summed E-state index contributed by atoms with van der Waals surface area (Å²) in [6.07, 6.45) is 0. The third-order valence-electron chi connectivity index (χ3n) is 3.83. The Morgan fingerprint density at radius 2 is 1.72 bits per heavy atom. The lowest BCUT2D eigenvalue weighted by molar-refractivity contribution is -0.119. The Morgan fingerprint density at radius 1 is 1.03 bits per heavy atom. The smallest absolute Gasteiger partial charge is 0.358 e. The predicted molar refractivity (Wildman–Crippen MR) is 111 cm³/mol. The van der Waals surface area contributed by atoms with Crippen molar-refractivity contribution in [3.05, 3.63) is 59.6 Å². The first kappa shape index (κ1) is 20.3. The molecule has 0 aliphatic carbocycles. The zero-order valence-electron chi connectivity index (χ0n) is 16.0. The molecule has 1 N–H and O–H groups in total. The normalized spacial score (nSPS) is 10.3. The van der Waals surface area contributed by atoms with Crippen LogP contribution in [-0.2, 0) is 9.53 Å². The number of amides is 1. The van der Waals surface area contributed by atoms with E-state index < -0.39 is 18.5 Å². The molecule has 0 saturated carbocycles. The number of ether oxygens (including phenoxy) is 3. The van der Waals surface area contributed by atoms with E-state index in [1.165, 1.54) is 11.3 Å². The molecule has 1 amide bonds. The van der Waals surface area contributed by atoms with Gasteiger partial charge in [-0.2, -0.15) is 0 Å². The average Bonchev–Trinajstić information content (AvgIpc) is 3.24. The molecule has 0 spiro atoms. The number of benzene rings is 2. The summed E-state index contributed by atoms with van der Waals surface area (Å²) in [5, 5.41) is 4.94. The SMILES string of the molecule is CCOc1ccc(NC(=O)COC(=O)c2csc(-c3ccc(OC)cc3)n2)cc1. The average molecular weight is 412 g/mol. The van der Waals surface area contributed by atoms with Crippen molar-refractivity contribution in [2.75, 3.05) is 25.6 Å². The predicted octanol–water partition coefficient (Wildman–Crippen LogP) is 4.01. The number of hydrogen-bond donors (Lipinski definition) is 1. The van der Waals surface area contributed by atoms with E-state index >= 15 is 0 Å². The number of aromatic nitrogens is 1. The zero-order chi connectivity index (χ0) is 20.6. The van der Waals surface area contributed by atoms with Crippen molar-refractivity contribution in [3.63, 3.8) is 0 Å². The summed E-state index contributed by atoms with van der Waals surface area (Å²) in [6, 6.07) is 14.3. The first-order valence-electron chi connectivity index (χ1n) is 8.89. The van der Waals surface area contributed by atoms with E-state index in [2.05, 4.69) is 10.3 Å². The molecule has 0 bridgehead atoms. The molecule has 0 unspecified atom stereocenters. The van der Waals surface area contributed by atoms with Crippen LogP contribution in [0.3, 0.4) is 0 Å².